The lowest BCUT2D eigenvalue weighted by Gasteiger charge is -2.15. The molecule has 0 spiro atoms. The zero-order valence-electron chi connectivity index (χ0n) is 8.35. The van der Waals surface area contributed by atoms with E-state index >= 15 is 0 Å². The average Bonchev–Trinajstić information content (AvgIpc) is 2.24. The number of hydrogen-bond donors (Lipinski definition) is 1. The Kier molecular flexibility index (Phi) is 4.04. The van der Waals surface area contributed by atoms with E-state index in [9.17, 15) is 8.78 Å². The molecule has 1 aromatic carbocycles. The molecule has 0 bridgehead atoms. The van der Waals surface area contributed by atoms with Gasteiger partial charge in [0.25, 0.3) is 0 Å². The number of benzene rings is 1. The maximum atomic E-state index is 13.5. The zero-order valence-corrected chi connectivity index (χ0v) is 9.94. The van der Waals surface area contributed by atoms with Crippen LogP contribution in [0.15, 0.2) is 10.5 Å². The van der Waals surface area contributed by atoms with Crippen LogP contribution in [-0.2, 0) is 0 Å². The van der Waals surface area contributed by atoms with E-state index in [4.69, 9.17) is 9.84 Å². The summed E-state index contributed by atoms with van der Waals surface area (Å²) in [7, 11) is 1.30. The van der Waals surface area contributed by atoms with Gasteiger partial charge < -0.3 is 9.84 Å². The normalized spacial score (nSPS) is 12.7. The number of halogens is 3. The zero-order chi connectivity index (χ0) is 11.6. The summed E-state index contributed by atoms with van der Waals surface area (Å²) in [5.74, 6) is -1.90. The Morgan fingerprint density at radius 3 is 2.60 bits per heavy atom. The Hall–Kier alpha value is -0.680. The van der Waals surface area contributed by atoms with Crippen LogP contribution in [0, 0.1) is 11.6 Å². The van der Waals surface area contributed by atoms with Gasteiger partial charge in [0.05, 0.1) is 11.6 Å². The minimum absolute atomic E-state index is 0.0372. The summed E-state index contributed by atoms with van der Waals surface area (Å²) < 4.78 is 31.4. The highest BCUT2D eigenvalue weighted by Gasteiger charge is 2.20. The van der Waals surface area contributed by atoms with Gasteiger partial charge in [0.1, 0.15) is 5.82 Å². The first-order valence-electron chi connectivity index (χ1n) is 4.35. The molecule has 1 aromatic rings. The Balaban J connectivity index is 3.38. The second-order valence-electron chi connectivity index (χ2n) is 3.19. The monoisotopic (exact) mass is 280 g/mol. The minimum atomic E-state index is -0.784. The van der Waals surface area contributed by atoms with E-state index < -0.39 is 11.6 Å². The lowest BCUT2D eigenvalue weighted by atomic mass is 10.0. The first kappa shape index (κ1) is 12.4. The van der Waals surface area contributed by atoms with Crippen LogP contribution in [0.4, 0.5) is 8.78 Å². The second-order valence-corrected chi connectivity index (χ2v) is 3.99. The van der Waals surface area contributed by atoms with Crippen LogP contribution >= 0.6 is 15.9 Å². The van der Waals surface area contributed by atoms with Crippen molar-refractivity contribution in [2.45, 2.75) is 12.8 Å². The molecule has 0 saturated carbocycles. The maximum absolute atomic E-state index is 13.5. The number of methoxy groups -OCH3 is 1. The van der Waals surface area contributed by atoms with E-state index in [1.54, 1.807) is 6.92 Å². The molecule has 2 nitrogen and oxygen atoms in total. The molecule has 5 heteroatoms. The molecule has 0 fully saturated rings. The SMILES string of the molecule is COc1c(C(C)CO)cc(F)c(Br)c1F. The third-order valence-electron chi connectivity index (χ3n) is 2.16. The van der Waals surface area contributed by atoms with Gasteiger partial charge in [-0.3, -0.25) is 0 Å². The fraction of sp³-hybridized carbons (Fsp3) is 0.400. The summed E-state index contributed by atoms with van der Waals surface area (Å²) in [6.07, 6.45) is 0. The molecule has 1 atom stereocenters. The Labute approximate surface area is 95.0 Å². The van der Waals surface area contributed by atoms with Crippen molar-refractivity contribution in [1.82, 2.24) is 0 Å². The molecular weight excluding hydrogens is 270 g/mol. The molecule has 0 amide bonds. The van der Waals surface area contributed by atoms with E-state index in [1.807, 2.05) is 0 Å². The van der Waals surface area contributed by atoms with Crippen molar-refractivity contribution in [2.24, 2.45) is 0 Å². The van der Waals surface area contributed by atoms with E-state index in [0.29, 0.717) is 5.56 Å². The number of aliphatic hydroxyl groups excluding tert-OH is 1. The van der Waals surface area contributed by atoms with Crippen LogP contribution in [0.5, 0.6) is 5.75 Å². The fourth-order valence-electron chi connectivity index (χ4n) is 1.27. The van der Waals surface area contributed by atoms with Crippen molar-refractivity contribution in [2.75, 3.05) is 13.7 Å². The van der Waals surface area contributed by atoms with Gasteiger partial charge in [-0.2, -0.15) is 0 Å². The smallest absolute Gasteiger partial charge is 0.182 e. The molecule has 1 unspecified atom stereocenters. The first-order chi connectivity index (χ1) is 7.02. The summed E-state index contributed by atoms with van der Waals surface area (Å²) >= 11 is 2.78. The highest BCUT2D eigenvalue weighted by molar-refractivity contribution is 9.10. The molecule has 1 rings (SSSR count). The topological polar surface area (TPSA) is 29.5 Å². The number of ether oxygens (including phenoxy) is 1. The molecule has 0 aromatic heterocycles. The molecule has 0 saturated heterocycles. The Bertz CT molecular complexity index is 369. The van der Waals surface area contributed by atoms with Crippen LogP contribution < -0.4 is 4.74 Å². The molecule has 15 heavy (non-hydrogen) atoms. The minimum Gasteiger partial charge on any atom is -0.493 e. The summed E-state index contributed by atoms with van der Waals surface area (Å²) in [6.45, 7) is 1.46. The predicted molar refractivity (Wildman–Crippen MR) is 56.1 cm³/mol. The Morgan fingerprint density at radius 1 is 1.53 bits per heavy atom. The summed E-state index contributed by atoms with van der Waals surface area (Å²) in [6, 6.07) is 1.16. The highest BCUT2D eigenvalue weighted by Crippen LogP contribution is 2.35. The Morgan fingerprint density at radius 2 is 2.13 bits per heavy atom. The van der Waals surface area contributed by atoms with Gasteiger partial charge >= 0.3 is 0 Å². The van der Waals surface area contributed by atoms with Crippen LogP contribution in [-0.4, -0.2) is 18.8 Å². The number of rotatable bonds is 3. The molecular formula is C10H11BrF2O2. The lowest BCUT2D eigenvalue weighted by molar-refractivity contribution is 0.268. The second kappa shape index (κ2) is 4.90. The van der Waals surface area contributed by atoms with Gasteiger partial charge in [-0.15, -0.1) is 0 Å². The van der Waals surface area contributed by atoms with Gasteiger partial charge in [-0.1, -0.05) is 6.92 Å². The third-order valence-corrected chi connectivity index (χ3v) is 2.88. The number of hydrogen-bond acceptors (Lipinski definition) is 2. The molecule has 84 valence electrons. The van der Waals surface area contributed by atoms with E-state index in [-0.39, 0.29) is 22.7 Å². The van der Waals surface area contributed by atoms with E-state index in [0.717, 1.165) is 6.07 Å². The summed E-state index contributed by atoms with van der Waals surface area (Å²) in [4.78, 5) is 0. The van der Waals surface area contributed by atoms with Crippen molar-refractivity contribution in [3.05, 3.63) is 27.7 Å². The molecule has 0 aliphatic rings. The highest BCUT2D eigenvalue weighted by atomic mass is 79.9. The standard InChI is InChI=1S/C10H11BrF2O2/c1-5(4-14)6-3-7(12)8(11)9(13)10(6)15-2/h3,5,14H,4H2,1-2H3. The van der Waals surface area contributed by atoms with Crippen molar-refractivity contribution in [3.63, 3.8) is 0 Å². The first-order valence-corrected chi connectivity index (χ1v) is 5.14. The molecule has 0 heterocycles. The number of aliphatic hydroxyl groups is 1. The van der Waals surface area contributed by atoms with Crippen LogP contribution in [0.3, 0.4) is 0 Å². The van der Waals surface area contributed by atoms with Gasteiger partial charge in [0.2, 0.25) is 0 Å². The van der Waals surface area contributed by atoms with Crippen molar-refractivity contribution < 1.29 is 18.6 Å². The average molecular weight is 281 g/mol. The molecule has 0 aliphatic carbocycles. The third kappa shape index (κ3) is 2.29. The lowest BCUT2D eigenvalue weighted by Crippen LogP contribution is -2.05. The van der Waals surface area contributed by atoms with Crippen molar-refractivity contribution in [3.8, 4) is 5.75 Å². The van der Waals surface area contributed by atoms with Crippen LogP contribution in [0.25, 0.3) is 0 Å². The molecule has 1 N–H and O–H groups in total. The van der Waals surface area contributed by atoms with E-state index in [1.165, 1.54) is 7.11 Å². The van der Waals surface area contributed by atoms with E-state index in [2.05, 4.69) is 15.9 Å². The van der Waals surface area contributed by atoms with Crippen LogP contribution in [0.1, 0.15) is 18.4 Å². The van der Waals surface area contributed by atoms with Gasteiger partial charge in [0, 0.05) is 18.1 Å². The molecule has 0 radical (unpaired) electrons. The van der Waals surface area contributed by atoms with Crippen molar-refractivity contribution >= 4 is 15.9 Å². The van der Waals surface area contributed by atoms with Gasteiger partial charge in [-0.05, 0) is 22.0 Å². The van der Waals surface area contributed by atoms with Crippen molar-refractivity contribution in [1.29, 1.82) is 0 Å². The summed E-state index contributed by atoms with van der Waals surface area (Å²) in [5.41, 5.74) is 0.318. The van der Waals surface area contributed by atoms with Gasteiger partial charge in [-0.25, -0.2) is 8.78 Å². The maximum Gasteiger partial charge on any atom is 0.182 e. The quantitative estimate of drug-likeness (QED) is 0.863. The van der Waals surface area contributed by atoms with Crippen LogP contribution in [0.2, 0.25) is 0 Å². The molecule has 0 aliphatic heterocycles. The summed E-state index contributed by atoms with van der Waals surface area (Å²) in [5, 5.41) is 8.95. The predicted octanol–water partition coefficient (Wildman–Crippen LogP) is 2.83. The van der Waals surface area contributed by atoms with Gasteiger partial charge in [0.15, 0.2) is 11.6 Å². The fourth-order valence-corrected chi connectivity index (χ4v) is 1.56. The largest absolute Gasteiger partial charge is 0.493 e.